The van der Waals surface area contributed by atoms with E-state index in [1.165, 1.54) is 16.3 Å². The van der Waals surface area contributed by atoms with Crippen molar-refractivity contribution in [3.05, 3.63) is 72.3 Å². The first-order valence-corrected chi connectivity index (χ1v) is 11.0. The number of anilines is 1. The minimum Gasteiger partial charge on any atom is -0.302 e. The zero-order valence-corrected chi connectivity index (χ0v) is 17.6. The number of thiazole rings is 1. The van der Waals surface area contributed by atoms with Gasteiger partial charge in [0.1, 0.15) is 0 Å². The number of nitrogens with zero attached hydrogens (tertiary/aromatic N) is 3. The van der Waals surface area contributed by atoms with Crippen LogP contribution in [0.15, 0.2) is 71.8 Å². The van der Waals surface area contributed by atoms with E-state index in [4.69, 9.17) is 0 Å². The van der Waals surface area contributed by atoms with Gasteiger partial charge in [0.2, 0.25) is 11.8 Å². The van der Waals surface area contributed by atoms with Gasteiger partial charge in [0.25, 0.3) is 0 Å². The molecule has 0 saturated carbocycles. The smallest absolute Gasteiger partial charge is 0.243 e. The average Bonchev–Trinajstić information content (AvgIpc) is 3.45. The first-order valence-electron chi connectivity index (χ1n) is 10.2. The van der Waals surface area contributed by atoms with Crippen LogP contribution in [-0.4, -0.2) is 34.1 Å². The quantitative estimate of drug-likeness (QED) is 0.496. The molecular formula is C24H20N4O2S. The van der Waals surface area contributed by atoms with Gasteiger partial charge in [0.15, 0.2) is 5.13 Å². The molecule has 2 amide bonds. The zero-order chi connectivity index (χ0) is 21.2. The van der Waals surface area contributed by atoms with Gasteiger partial charge in [-0.2, -0.15) is 5.10 Å². The van der Waals surface area contributed by atoms with E-state index in [1.807, 2.05) is 60.7 Å². The lowest BCUT2D eigenvalue weighted by atomic mass is 10.1. The Hall–Kier alpha value is -3.58. The molecule has 0 bridgehead atoms. The summed E-state index contributed by atoms with van der Waals surface area (Å²) in [6.07, 6.45) is 0.940. The lowest BCUT2D eigenvalue weighted by molar-refractivity contribution is -0.132. The average molecular weight is 429 g/mol. The summed E-state index contributed by atoms with van der Waals surface area (Å²) in [4.78, 5) is 29.5. The second kappa shape index (κ2) is 8.28. The van der Waals surface area contributed by atoms with Gasteiger partial charge in [0.05, 0.1) is 22.5 Å². The predicted octanol–water partition coefficient (Wildman–Crippen LogP) is 4.80. The third-order valence-corrected chi connectivity index (χ3v) is 6.23. The number of carbonyl (C=O) groups is 2. The largest absolute Gasteiger partial charge is 0.302 e. The molecule has 7 heteroatoms. The topological polar surface area (TPSA) is 74.7 Å². The Labute approximate surface area is 183 Å². The molecule has 0 aliphatic carbocycles. The first-order chi connectivity index (χ1) is 15.2. The molecule has 0 radical (unpaired) electrons. The Balaban J connectivity index is 1.21. The maximum absolute atomic E-state index is 12.5. The summed E-state index contributed by atoms with van der Waals surface area (Å²) >= 11 is 1.44. The van der Waals surface area contributed by atoms with E-state index in [9.17, 15) is 9.59 Å². The van der Waals surface area contributed by atoms with Crippen molar-refractivity contribution in [2.75, 3.05) is 11.9 Å². The van der Waals surface area contributed by atoms with Crippen LogP contribution in [0.2, 0.25) is 0 Å². The van der Waals surface area contributed by atoms with E-state index in [-0.39, 0.29) is 24.7 Å². The van der Waals surface area contributed by atoms with Gasteiger partial charge < -0.3 is 5.32 Å². The first kappa shape index (κ1) is 19.4. The monoisotopic (exact) mass is 428 g/mol. The molecule has 1 N–H and O–H groups in total. The Morgan fingerprint density at radius 1 is 0.968 bits per heavy atom. The molecule has 0 unspecified atom stereocenters. The van der Waals surface area contributed by atoms with Crippen LogP contribution in [-0.2, 0) is 9.59 Å². The van der Waals surface area contributed by atoms with Crippen molar-refractivity contribution < 1.29 is 9.59 Å². The molecule has 1 aliphatic rings. The number of nitrogens with one attached hydrogen (secondary N) is 1. The summed E-state index contributed by atoms with van der Waals surface area (Å²) in [6, 6.07) is 22.0. The zero-order valence-electron chi connectivity index (χ0n) is 16.7. The minimum absolute atomic E-state index is 0.0994. The third-order valence-electron chi connectivity index (χ3n) is 5.29. The van der Waals surface area contributed by atoms with E-state index in [1.54, 1.807) is 0 Å². The Bertz CT molecular complexity index is 1310. The van der Waals surface area contributed by atoms with Crippen LogP contribution in [0.4, 0.5) is 5.13 Å². The van der Waals surface area contributed by atoms with Gasteiger partial charge in [0, 0.05) is 24.6 Å². The number of hydrogen-bond donors (Lipinski definition) is 1. The molecule has 6 nitrogen and oxygen atoms in total. The van der Waals surface area contributed by atoms with E-state index >= 15 is 0 Å². The van der Waals surface area contributed by atoms with E-state index in [2.05, 4.69) is 21.5 Å². The van der Waals surface area contributed by atoms with Crippen molar-refractivity contribution in [3.8, 4) is 0 Å². The van der Waals surface area contributed by atoms with Gasteiger partial charge in [-0.1, -0.05) is 72.0 Å². The lowest BCUT2D eigenvalue weighted by Gasteiger charge is -2.10. The van der Waals surface area contributed by atoms with Gasteiger partial charge in [-0.25, -0.2) is 9.99 Å². The Morgan fingerprint density at radius 2 is 1.77 bits per heavy atom. The van der Waals surface area contributed by atoms with Crippen molar-refractivity contribution >= 4 is 55.0 Å². The highest BCUT2D eigenvalue weighted by Gasteiger charge is 2.22. The van der Waals surface area contributed by atoms with Crippen molar-refractivity contribution in [2.45, 2.75) is 19.3 Å². The van der Waals surface area contributed by atoms with Gasteiger partial charge in [-0.05, 0) is 17.0 Å². The lowest BCUT2D eigenvalue weighted by Crippen LogP contribution is -2.24. The van der Waals surface area contributed by atoms with Crippen molar-refractivity contribution in [2.24, 2.45) is 5.10 Å². The number of benzene rings is 3. The van der Waals surface area contributed by atoms with E-state index < -0.39 is 0 Å². The molecule has 4 aromatic rings. The van der Waals surface area contributed by atoms with Crippen LogP contribution in [0.3, 0.4) is 0 Å². The number of fused-ring (bicyclic) bond motifs is 3. The molecule has 0 spiro atoms. The second-order valence-electron chi connectivity index (χ2n) is 7.38. The minimum atomic E-state index is -0.219. The fourth-order valence-electron chi connectivity index (χ4n) is 3.72. The van der Waals surface area contributed by atoms with Crippen molar-refractivity contribution in [3.63, 3.8) is 0 Å². The van der Waals surface area contributed by atoms with Crippen LogP contribution in [0.5, 0.6) is 0 Å². The summed E-state index contributed by atoms with van der Waals surface area (Å²) in [5.74, 6) is -0.362. The molecule has 3 aromatic carbocycles. The number of rotatable bonds is 5. The Morgan fingerprint density at radius 3 is 2.65 bits per heavy atom. The molecular weight excluding hydrogens is 408 g/mol. The summed E-state index contributed by atoms with van der Waals surface area (Å²) in [6.45, 7) is 0.551. The molecule has 2 heterocycles. The predicted molar refractivity (Wildman–Crippen MR) is 124 cm³/mol. The summed E-state index contributed by atoms with van der Waals surface area (Å²) in [5, 5.41) is 11.5. The van der Waals surface area contributed by atoms with Crippen LogP contribution in [0.25, 0.3) is 21.0 Å². The van der Waals surface area contributed by atoms with Crippen LogP contribution in [0, 0.1) is 0 Å². The number of hydrazone groups is 1. The number of aromatic nitrogens is 1. The van der Waals surface area contributed by atoms with E-state index in [0.717, 1.165) is 38.7 Å². The molecule has 154 valence electrons. The fraction of sp³-hybridized carbons (Fsp3) is 0.167. The van der Waals surface area contributed by atoms with E-state index in [0.29, 0.717) is 11.7 Å². The molecule has 5 rings (SSSR count). The summed E-state index contributed by atoms with van der Waals surface area (Å²) in [7, 11) is 0. The fourth-order valence-corrected chi connectivity index (χ4v) is 4.62. The van der Waals surface area contributed by atoms with Crippen molar-refractivity contribution in [1.29, 1.82) is 0 Å². The van der Waals surface area contributed by atoms with Crippen molar-refractivity contribution in [1.82, 2.24) is 9.99 Å². The Kier molecular flexibility index (Phi) is 5.18. The van der Waals surface area contributed by atoms with Gasteiger partial charge in [-0.3, -0.25) is 9.59 Å². The van der Waals surface area contributed by atoms with Gasteiger partial charge >= 0.3 is 0 Å². The highest BCUT2D eigenvalue weighted by atomic mass is 32.1. The second-order valence-corrected chi connectivity index (χ2v) is 8.41. The number of amides is 2. The highest BCUT2D eigenvalue weighted by molar-refractivity contribution is 7.22. The molecule has 31 heavy (non-hydrogen) atoms. The SMILES string of the molecule is O=C(CCC(=O)N1CCC(c2ccccc2)=N1)Nc1nc2c(ccc3ccccc32)s1. The molecule has 0 saturated heterocycles. The van der Waals surface area contributed by atoms with Crippen LogP contribution in [0.1, 0.15) is 24.8 Å². The molecule has 1 aliphatic heterocycles. The molecule has 1 aromatic heterocycles. The maximum Gasteiger partial charge on any atom is 0.243 e. The number of hydrogen-bond acceptors (Lipinski definition) is 5. The summed E-state index contributed by atoms with van der Waals surface area (Å²) < 4.78 is 1.02. The normalized spacial score (nSPS) is 13.5. The standard InChI is InChI=1S/C24H20N4O2S/c29-21(12-13-22(30)28-15-14-19(27-28)17-7-2-1-3-8-17)25-24-26-23-18-9-5-4-6-16(18)10-11-20(23)31-24/h1-11H,12-15H2,(H,25,26,29). The van der Waals surface area contributed by atoms with Crippen LogP contribution >= 0.6 is 11.3 Å². The van der Waals surface area contributed by atoms with Gasteiger partial charge in [-0.15, -0.1) is 0 Å². The third kappa shape index (κ3) is 4.04. The van der Waals surface area contributed by atoms with Crippen LogP contribution < -0.4 is 5.32 Å². The maximum atomic E-state index is 12.5. The molecule has 0 atom stereocenters. The summed E-state index contributed by atoms with van der Waals surface area (Å²) in [5.41, 5.74) is 2.81. The highest BCUT2D eigenvalue weighted by Crippen LogP contribution is 2.31. The molecule has 0 fully saturated rings. The number of carbonyl (C=O) groups excluding carboxylic acids is 2.